The van der Waals surface area contributed by atoms with Gasteiger partial charge in [-0.1, -0.05) is 19.3 Å². The maximum atomic E-state index is 13.6. The van der Waals surface area contributed by atoms with Crippen molar-refractivity contribution >= 4 is 15.9 Å². The summed E-state index contributed by atoms with van der Waals surface area (Å²) in [4.78, 5) is 12.8. The minimum atomic E-state index is -6.26. The van der Waals surface area contributed by atoms with Gasteiger partial charge in [-0.3, -0.25) is 9.35 Å². The van der Waals surface area contributed by atoms with Crippen molar-refractivity contribution < 1.29 is 40.4 Å². The summed E-state index contributed by atoms with van der Waals surface area (Å²) in [5.74, 6) is -4.62. The van der Waals surface area contributed by atoms with Crippen molar-refractivity contribution in [1.82, 2.24) is 0 Å². The van der Waals surface area contributed by atoms with Crippen LogP contribution in [0, 0.1) is 17.3 Å². The van der Waals surface area contributed by atoms with Crippen LogP contribution >= 0.6 is 0 Å². The summed E-state index contributed by atoms with van der Waals surface area (Å²) in [5.41, 5.74) is -0.816. The molecule has 2 saturated carbocycles. The average molecular weight is 418 g/mol. The Labute approximate surface area is 156 Å². The van der Waals surface area contributed by atoms with E-state index in [1.807, 2.05) is 0 Å². The summed E-state index contributed by atoms with van der Waals surface area (Å²) in [6.07, 6.45) is 2.86. The van der Waals surface area contributed by atoms with Gasteiger partial charge in [-0.2, -0.15) is 26.0 Å². The summed E-state index contributed by atoms with van der Waals surface area (Å²) in [6, 6.07) is 0. The number of aliphatic hydroxyl groups is 1. The number of carbonyl (C=O) groups excluding carboxylic acids is 1. The van der Waals surface area contributed by atoms with Crippen LogP contribution in [0.15, 0.2) is 0 Å². The number of rotatable bonds is 9. The predicted octanol–water partition coefficient (Wildman–Crippen LogP) is 3.81. The van der Waals surface area contributed by atoms with Gasteiger partial charge in [-0.15, -0.1) is 0 Å². The molecule has 2 N–H and O–H groups in total. The maximum Gasteiger partial charge on any atom is 0.431 e. The van der Waals surface area contributed by atoms with E-state index in [0.717, 1.165) is 25.7 Å². The largest absolute Gasteiger partial charge is 0.431 e. The van der Waals surface area contributed by atoms with Crippen LogP contribution in [0.1, 0.15) is 64.2 Å². The van der Waals surface area contributed by atoms with Crippen LogP contribution < -0.4 is 0 Å². The minimum Gasteiger partial charge on any atom is -0.396 e. The molecule has 0 aliphatic heterocycles. The lowest BCUT2D eigenvalue weighted by atomic mass is 9.58. The molecule has 0 aromatic heterocycles. The van der Waals surface area contributed by atoms with Gasteiger partial charge < -0.3 is 5.11 Å². The first-order valence-corrected chi connectivity index (χ1v) is 10.7. The van der Waals surface area contributed by atoms with Gasteiger partial charge in [0.15, 0.2) is 0 Å². The number of hydrogen-bond donors (Lipinski definition) is 2. The molecule has 2 fully saturated rings. The average Bonchev–Trinajstić information content (AvgIpc) is 2.53. The smallest absolute Gasteiger partial charge is 0.396 e. The van der Waals surface area contributed by atoms with Crippen molar-refractivity contribution in [3.8, 4) is 0 Å². The number of Topliss-reactive ketones (excluding diaryl/α,β-unsaturated/α-hetero) is 1. The Morgan fingerprint density at radius 1 is 1.11 bits per heavy atom. The van der Waals surface area contributed by atoms with E-state index < -0.39 is 46.0 Å². The van der Waals surface area contributed by atoms with E-state index in [1.54, 1.807) is 0 Å². The normalized spacial score (nSPS) is 29.6. The standard InChI is InChI=1S/C17H26F4O5S/c18-16(19,17(20,21)27(24,25)26)6-2-5-14(23)15(7-8-22)10-12-3-1-4-13(9-12)11-15/h12-13,22H,1-11H2,(H,24,25,26). The van der Waals surface area contributed by atoms with Crippen molar-refractivity contribution in [2.45, 2.75) is 75.4 Å². The van der Waals surface area contributed by atoms with Crippen LogP contribution in [-0.4, -0.2) is 41.6 Å². The summed E-state index contributed by atoms with van der Waals surface area (Å²) in [7, 11) is -6.26. The number of carbonyl (C=O) groups is 1. The number of fused-ring (bicyclic) bond motifs is 2. The highest BCUT2D eigenvalue weighted by Crippen LogP contribution is 2.51. The van der Waals surface area contributed by atoms with E-state index in [2.05, 4.69) is 0 Å². The lowest BCUT2D eigenvalue weighted by molar-refractivity contribution is -0.165. The molecular formula is C17H26F4O5S. The first-order valence-electron chi connectivity index (χ1n) is 9.21. The van der Waals surface area contributed by atoms with Crippen LogP contribution in [0.2, 0.25) is 0 Å². The number of ketones is 1. The Hall–Kier alpha value is -0.740. The molecule has 2 atom stereocenters. The monoisotopic (exact) mass is 418 g/mol. The van der Waals surface area contributed by atoms with E-state index in [4.69, 9.17) is 4.55 Å². The highest BCUT2D eigenvalue weighted by Gasteiger charge is 2.65. The molecule has 0 aromatic rings. The zero-order chi connectivity index (χ0) is 20.5. The fraction of sp³-hybridized carbons (Fsp3) is 0.941. The fourth-order valence-corrected chi connectivity index (χ4v) is 5.30. The summed E-state index contributed by atoms with van der Waals surface area (Å²) in [6.45, 7) is -0.220. The van der Waals surface area contributed by atoms with Gasteiger partial charge >= 0.3 is 21.3 Å². The Morgan fingerprint density at radius 2 is 1.67 bits per heavy atom. The van der Waals surface area contributed by atoms with Gasteiger partial charge in [0.1, 0.15) is 5.78 Å². The predicted molar refractivity (Wildman–Crippen MR) is 89.1 cm³/mol. The lowest BCUT2D eigenvalue weighted by Crippen LogP contribution is -2.47. The molecule has 0 spiro atoms. The molecule has 5 nitrogen and oxygen atoms in total. The second kappa shape index (κ2) is 7.94. The van der Waals surface area contributed by atoms with Crippen molar-refractivity contribution in [3.05, 3.63) is 0 Å². The van der Waals surface area contributed by atoms with E-state index in [-0.39, 0.29) is 18.8 Å². The highest BCUT2D eigenvalue weighted by atomic mass is 32.2. The molecule has 10 heteroatoms. The Bertz CT molecular complexity index is 638. The van der Waals surface area contributed by atoms with Gasteiger partial charge in [0.2, 0.25) is 0 Å². The molecule has 2 unspecified atom stereocenters. The molecule has 0 radical (unpaired) electrons. The molecule has 2 aliphatic rings. The molecule has 27 heavy (non-hydrogen) atoms. The fourth-order valence-electron chi connectivity index (χ4n) is 4.82. The van der Waals surface area contributed by atoms with Crippen molar-refractivity contribution in [2.75, 3.05) is 6.61 Å². The molecule has 0 saturated heterocycles. The van der Waals surface area contributed by atoms with Crippen molar-refractivity contribution in [3.63, 3.8) is 0 Å². The second-order valence-electron chi connectivity index (χ2n) is 8.03. The molecule has 0 heterocycles. The Balaban J connectivity index is 2.02. The van der Waals surface area contributed by atoms with Crippen molar-refractivity contribution in [1.29, 1.82) is 0 Å². The quantitative estimate of drug-likeness (QED) is 0.439. The van der Waals surface area contributed by atoms with Gasteiger partial charge in [0.25, 0.3) is 0 Å². The highest BCUT2D eigenvalue weighted by molar-refractivity contribution is 7.87. The van der Waals surface area contributed by atoms with E-state index in [9.17, 15) is 35.9 Å². The molecular weight excluding hydrogens is 392 g/mol. The number of aliphatic hydroxyl groups excluding tert-OH is 1. The third-order valence-corrected chi connectivity index (χ3v) is 7.02. The molecule has 2 aliphatic carbocycles. The van der Waals surface area contributed by atoms with Crippen LogP contribution in [0.3, 0.4) is 0 Å². The van der Waals surface area contributed by atoms with Crippen LogP contribution in [0.25, 0.3) is 0 Å². The Kier molecular flexibility index (Phi) is 6.63. The maximum absolute atomic E-state index is 13.6. The Morgan fingerprint density at radius 3 is 2.15 bits per heavy atom. The zero-order valence-electron chi connectivity index (χ0n) is 15.0. The molecule has 0 aromatic carbocycles. The minimum absolute atomic E-state index is 0.219. The lowest BCUT2D eigenvalue weighted by Gasteiger charge is -2.46. The molecule has 2 bridgehead atoms. The third kappa shape index (κ3) is 4.64. The van der Waals surface area contributed by atoms with Gasteiger partial charge in [-0.05, 0) is 43.9 Å². The number of alkyl halides is 4. The third-order valence-electron chi connectivity index (χ3n) is 6.08. The number of halogens is 4. The second-order valence-corrected chi connectivity index (χ2v) is 9.50. The SMILES string of the molecule is O=C(CCCC(F)(F)C(F)(F)S(=O)(=O)O)C1(CCO)CC2CCCC(C2)C1. The van der Waals surface area contributed by atoms with Crippen molar-refractivity contribution in [2.24, 2.45) is 17.3 Å². The van der Waals surface area contributed by atoms with E-state index in [0.29, 0.717) is 24.7 Å². The summed E-state index contributed by atoms with van der Waals surface area (Å²) < 4.78 is 83.0. The summed E-state index contributed by atoms with van der Waals surface area (Å²) >= 11 is 0. The van der Waals surface area contributed by atoms with Gasteiger partial charge in [-0.25, -0.2) is 0 Å². The first kappa shape index (κ1) is 22.5. The molecule has 158 valence electrons. The topological polar surface area (TPSA) is 91.7 Å². The zero-order valence-corrected chi connectivity index (χ0v) is 15.8. The van der Waals surface area contributed by atoms with Gasteiger partial charge in [0.05, 0.1) is 0 Å². The van der Waals surface area contributed by atoms with E-state index >= 15 is 0 Å². The van der Waals surface area contributed by atoms with Gasteiger partial charge in [0, 0.05) is 24.9 Å². The van der Waals surface area contributed by atoms with Crippen LogP contribution in [-0.2, 0) is 14.9 Å². The van der Waals surface area contributed by atoms with Crippen LogP contribution in [0.4, 0.5) is 17.6 Å². The number of hydrogen-bond acceptors (Lipinski definition) is 4. The summed E-state index contributed by atoms with van der Waals surface area (Å²) in [5, 5.41) is 3.78. The molecule has 2 rings (SSSR count). The van der Waals surface area contributed by atoms with E-state index in [1.165, 1.54) is 0 Å². The first-order chi connectivity index (χ1) is 12.3. The molecule has 0 amide bonds. The van der Waals surface area contributed by atoms with Crippen LogP contribution in [0.5, 0.6) is 0 Å².